The van der Waals surface area contributed by atoms with E-state index in [0.717, 1.165) is 56.3 Å². The van der Waals surface area contributed by atoms with E-state index in [4.69, 9.17) is 0 Å². The predicted molar refractivity (Wildman–Crippen MR) is 155 cm³/mol. The first kappa shape index (κ1) is 24.8. The number of nitrogens with one attached hydrogen (secondary N) is 1. The van der Waals surface area contributed by atoms with Gasteiger partial charge in [0.1, 0.15) is 12.1 Å². The zero-order valence-corrected chi connectivity index (χ0v) is 22.2. The maximum Gasteiger partial charge on any atom is 0.265 e. The summed E-state index contributed by atoms with van der Waals surface area (Å²) in [5, 5.41) is 3.55. The number of piperazine rings is 1. The normalized spacial score (nSPS) is 15.7. The van der Waals surface area contributed by atoms with Crippen molar-refractivity contribution in [3.63, 3.8) is 0 Å². The molecule has 0 bridgehead atoms. The van der Waals surface area contributed by atoms with E-state index in [0.29, 0.717) is 27.8 Å². The molecule has 6 rings (SSSR count). The Morgan fingerprint density at radius 2 is 1.69 bits per heavy atom. The Balaban J connectivity index is 1.28. The number of amides is 1. The van der Waals surface area contributed by atoms with Crippen LogP contribution in [0.4, 0.5) is 17.2 Å². The number of nitrogens with zero attached hydrogens (tertiary/aromatic N) is 6. The largest absolute Gasteiger partial charge is 0.369 e. The van der Waals surface area contributed by atoms with Crippen LogP contribution in [0.2, 0.25) is 0 Å². The monoisotopic (exact) mass is 521 g/mol. The molecule has 4 heterocycles. The van der Waals surface area contributed by atoms with E-state index in [9.17, 15) is 9.59 Å². The van der Waals surface area contributed by atoms with Crippen LogP contribution in [0.15, 0.2) is 78.0 Å². The Hall–Kier alpha value is -4.50. The van der Waals surface area contributed by atoms with Gasteiger partial charge in [0.25, 0.3) is 11.5 Å². The fraction of sp³-hybridized carbons (Fsp3) is 0.267. The molecular formula is C30H31N7O2. The Labute approximate surface area is 227 Å². The minimum atomic E-state index is -0.235. The van der Waals surface area contributed by atoms with E-state index < -0.39 is 0 Å². The van der Waals surface area contributed by atoms with E-state index in [2.05, 4.69) is 49.2 Å². The highest BCUT2D eigenvalue weighted by molar-refractivity contribution is 6.04. The molecule has 0 saturated carbocycles. The molecule has 2 aliphatic rings. The van der Waals surface area contributed by atoms with Crippen LogP contribution in [-0.4, -0.2) is 71.7 Å². The highest BCUT2D eigenvalue weighted by atomic mass is 16.1. The zero-order valence-electron chi connectivity index (χ0n) is 22.2. The molecule has 198 valence electrons. The number of pyridine rings is 1. The lowest BCUT2D eigenvalue weighted by Gasteiger charge is -2.34. The SMILES string of the molecule is Cc1ccc(NC(=O)c2ccnc(N3CC=CC3)c2)cc1-n1cnc2ccc(N3CCN(C)CC3)cc2c1=O. The van der Waals surface area contributed by atoms with E-state index in [-0.39, 0.29) is 11.5 Å². The lowest BCUT2D eigenvalue weighted by atomic mass is 10.1. The van der Waals surface area contributed by atoms with E-state index in [1.807, 2.05) is 43.3 Å². The van der Waals surface area contributed by atoms with Gasteiger partial charge in [-0.25, -0.2) is 9.97 Å². The smallest absolute Gasteiger partial charge is 0.265 e. The number of rotatable bonds is 5. The third-order valence-corrected chi connectivity index (χ3v) is 7.49. The third kappa shape index (κ3) is 5.00. The van der Waals surface area contributed by atoms with Crippen molar-refractivity contribution in [2.45, 2.75) is 6.92 Å². The molecule has 0 spiro atoms. The number of hydrogen-bond donors (Lipinski definition) is 1. The lowest BCUT2D eigenvalue weighted by molar-refractivity contribution is 0.102. The molecule has 9 nitrogen and oxygen atoms in total. The summed E-state index contributed by atoms with van der Waals surface area (Å²) in [5.41, 5.74) is 4.26. The second-order valence-corrected chi connectivity index (χ2v) is 10.1. The Morgan fingerprint density at radius 1 is 0.897 bits per heavy atom. The van der Waals surface area contributed by atoms with Crippen LogP contribution >= 0.6 is 0 Å². The molecule has 39 heavy (non-hydrogen) atoms. The molecule has 0 unspecified atom stereocenters. The van der Waals surface area contributed by atoms with Crippen LogP contribution in [0.5, 0.6) is 0 Å². The van der Waals surface area contributed by atoms with E-state index >= 15 is 0 Å². The van der Waals surface area contributed by atoms with Gasteiger partial charge in [-0.3, -0.25) is 14.2 Å². The summed E-state index contributed by atoms with van der Waals surface area (Å²) in [6, 6.07) is 15.0. The van der Waals surface area contributed by atoms with Crippen LogP contribution in [0, 0.1) is 6.92 Å². The van der Waals surface area contributed by atoms with Crippen LogP contribution in [0.25, 0.3) is 16.6 Å². The van der Waals surface area contributed by atoms with Crippen molar-refractivity contribution < 1.29 is 4.79 Å². The van der Waals surface area contributed by atoms with Crippen molar-refractivity contribution >= 4 is 34.0 Å². The van der Waals surface area contributed by atoms with E-state index in [1.54, 1.807) is 29.2 Å². The first-order valence-electron chi connectivity index (χ1n) is 13.2. The van der Waals surface area contributed by atoms with Crippen molar-refractivity contribution in [1.29, 1.82) is 0 Å². The number of aromatic nitrogens is 3. The molecule has 2 aliphatic heterocycles. The van der Waals surface area contributed by atoms with Crippen molar-refractivity contribution in [2.24, 2.45) is 0 Å². The maximum absolute atomic E-state index is 13.7. The van der Waals surface area contributed by atoms with Gasteiger partial charge in [0, 0.05) is 62.4 Å². The van der Waals surface area contributed by atoms with Crippen LogP contribution in [-0.2, 0) is 0 Å². The molecule has 0 aliphatic carbocycles. The number of carbonyl (C=O) groups excluding carboxylic acids is 1. The van der Waals surface area contributed by atoms with Crippen LogP contribution in [0.3, 0.4) is 0 Å². The second kappa shape index (κ2) is 10.3. The van der Waals surface area contributed by atoms with Crippen LogP contribution in [0.1, 0.15) is 15.9 Å². The quantitative estimate of drug-likeness (QED) is 0.403. The minimum Gasteiger partial charge on any atom is -0.369 e. The van der Waals surface area contributed by atoms with Gasteiger partial charge in [-0.2, -0.15) is 0 Å². The third-order valence-electron chi connectivity index (χ3n) is 7.49. The fourth-order valence-corrected chi connectivity index (χ4v) is 5.09. The van der Waals surface area contributed by atoms with Crippen molar-refractivity contribution in [1.82, 2.24) is 19.4 Å². The van der Waals surface area contributed by atoms with Gasteiger partial charge in [0.2, 0.25) is 0 Å². The van der Waals surface area contributed by atoms with Crippen molar-refractivity contribution in [2.75, 3.05) is 61.4 Å². The van der Waals surface area contributed by atoms with E-state index in [1.165, 1.54) is 0 Å². The molecular weight excluding hydrogens is 490 g/mol. The topological polar surface area (TPSA) is 86.6 Å². The Bertz CT molecular complexity index is 1630. The standard InChI is InChI=1S/C30H31N7O2/c1-21-5-6-23(33-29(38)22-9-10-31-28(17-22)36-11-3-4-12-36)18-27(21)37-20-32-26-8-7-24(19-25(26)30(37)39)35-15-13-34(2)14-16-35/h3-10,17-20H,11-16H2,1-2H3,(H,33,38). The molecule has 1 amide bonds. The van der Waals surface area contributed by atoms with Gasteiger partial charge in [0.15, 0.2) is 0 Å². The molecule has 9 heteroatoms. The summed E-state index contributed by atoms with van der Waals surface area (Å²) in [4.78, 5) is 42.5. The number of benzene rings is 2. The van der Waals surface area contributed by atoms with Gasteiger partial charge in [-0.05, 0) is 62.0 Å². The van der Waals surface area contributed by atoms with Gasteiger partial charge >= 0.3 is 0 Å². The van der Waals surface area contributed by atoms with Gasteiger partial charge < -0.3 is 20.0 Å². The second-order valence-electron chi connectivity index (χ2n) is 10.1. The number of likely N-dealkylation sites (N-methyl/N-ethyl adjacent to an activating group) is 1. The molecule has 2 aromatic heterocycles. The lowest BCUT2D eigenvalue weighted by Crippen LogP contribution is -2.44. The summed E-state index contributed by atoms with van der Waals surface area (Å²) in [6.45, 7) is 7.33. The van der Waals surface area contributed by atoms with Crippen LogP contribution < -0.4 is 20.7 Å². The highest BCUT2D eigenvalue weighted by Crippen LogP contribution is 2.23. The average Bonchev–Trinajstić information content (AvgIpc) is 3.50. The average molecular weight is 522 g/mol. The first-order valence-corrected chi connectivity index (χ1v) is 13.2. The van der Waals surface area contributed by atoms with Crippen molar-refractivity contribution in [3.8, 4) is 5.69 Å². The maximum atomic E-state index is 13.7. The van der Waals surface area contributed by atoms with Crippen molar-refractivity contribution in [3.05, 3.63) is 94.7 Å². The van der Waals surface area contributed by atoms with Gasteiger partial charge in [-0.15, -0.1) is 0 Å². The molecule has 1 saturated heterocycles. The molecule has 1 fully saturated rings. The number of anilines is 3. The molecule has 1 N–H and O–H groups in total. The van der Waals surface area contributed by atoms with Gasteiger partial charge in [0.05, 0.1) is 16.6 Å². The predicted octanol–water partition coefficient (Wildman–Crippen LogP) is 3.47. The number of hydrogen-bond acceptors (Lipinski definition) is 7. The number of fused-ring (bicyclic) bond motifs is 1. The summed E-state index contributed by atoms with van der Waals surface area (Å²) >= 11 is 0. The number of aryl methyl sites for hydroxylation is 1. The Kier molecular flexibility index (Phi) is 6.58. The fourth-order valence-electron chi connectivity index (χ4n) is 5.09. The molecule has 0 radical (unpaired) electrons. The summed E-state index contributed by atoms with van der Waals surface area (Å²) < 4.78 is 1.56. The first-order chi connectivity index (χ1) is 19.0. The Morgan fingerprint density at radius 3 is 2.49 bits per heavy atom. The number of carbonyl (C=O) groups is 1. The summed E-state index contributed by atoms with van der Waals surface area (Å²) in [5.74, 6) is 0.531. The van der Waals surface area contributed by atoms with Gasteiger partial charge in [-0.1, -0.05) is 18.2 Å². The minimum absolute atomic E-state index is 0.138. The molecule has 0 atom stereocenters. The molecule has 2 aromatic carbocycles. The molecule has 4 aromatic rings. The zero-order chi connectivity index (χ0) is 26.9. The summed E-state index contributed by atoms with van der Waals surface area (Å²) in [7, 11) is 2.12. The highest BCUT2D eigenvalue weighted by Gasteiger charge is 2.17. The summed E-state index contributed by atoms with van der Waals surface area (Å²) in [6.07, 6.45) is 7.38.